The smallest absolute Gasteiger partial charge is 0.172 e. The molecule has 2 N–H and O–H groups in total. The van der Waals surface area contributed by atoms with Crippen molar-refractivity contribution >= 4 is 33.1 Å². The second-order valence-corrected chi connectivity index (χ2v) is 5.82. The van der Waals surface area contributed by atoms with Crippen molar-refractivity contribution in [2.45, 2.75) is 0 Å². The van der Waals surface area contributed by atoms with Gasteiger partial charge >= 0.3 is 0 Å². The van der Waals surface area contributed by atoms with Crippen LogP contribution in [-0.4, -0.2) is 9.97 Å². The molecule has 0 atom stereocenters. The molecule has 0 saturated carbocycles. The predicted molar refractivity (Wildman–Crippen MR) is 82.9 cm³/mol. The van der Waals surface area contributed by atoms with Crippen molar-refractivity contribution in [1.29, 1.82) is 0 Å². The molecule has 3 aromatic rings. The Balaban J connectivity index is 2.11. The maximum atomic E-state index is 5.88. The van der Waals surface area contributed by atoms with Gasteiger partial charge in [-0.3, -0.25) is 0 Å². The number of nitrogens with two attached hydrogens (primary N) is 1. The Morgan fingerprint density at radius 3 is 2.53 bits per heavy atom. The van der Waals surface area contributed by atoms with Crippen LogP contribution >= 0.6 is 27.3 Å². The maximum Gasteiger partial charge on any atom is 0.172 e. The van der Waals surface area contributed by atoms with E-state index >= 15 is 0 Å². The molecule has 0 radical (unpaired) electrons. The summed E-state index contributed by atoms with van der Waals surface area (Å²) in [5, 5.41) is 2.00. The van der Waals surface area contributed by atoms with Crippen molar-refractivity contribution in [2.24, 2.45) is 0 Å². The van der Waals surface area contributed by atoms with Crippen LogP contribution < -0.4 is 5.73 Å². The van der Waals surface area contributed by atoms with Crippen LogP contribution in [0, 0.1) is 0 Å². The molecule has 3 nitrogen and oxygen atoms in total. The molecule has 0 aliphatic rings. The molecule has 0 aliphatic heterocycles. The van der Waals surface area contributed by atoms with E-state index in [1.807, 2.05) is 41.8 Å². The summed E-state index contributed by atoms with van der Waals surface area (Å²) in [6.07, 6.45) is 0. The first-order valence-corrected chi connectivity index (χ1v) is 7.34. The van der Waals surface area contributed by atoms with Gasteiger partial charge in [-0.2, -0.15) is 0 Å². The summed E-state index contributed by atoms with van der Waals surface area (Å²) >= 11 is 5.02. The molecule has 19 heavy (non-hydrogen) atoms. The van der Waals surface area contributed by atoms with Gasteiger partial charge in [0.2, 0.25) is 0 Å². The van der Waals surface area contributed by atoms with Crippen molar-refractivity contribution in [2.75, 3.05) is 5.73 Å². The summed E-state index contributed by atoms with van der Waals surface area (Å²) in [6.45, 7) is 0. The van der Waals surface area contributed by atoms with Crippen LogP contribution in [0.5, 0.6) is 0 Å². The van der Waals surface area contributed by atoms with Crippen LogP contribution in [0.4, 0.5) is 5.82 Å². The zero-order valence-corrected chi connectivity index (χ0v) is 12.3. The number of rotatable bonds is 2. The van der Waals surface area contributed by atoms with Crippen LogP contribution in [0.3, 0.4) is 0 Å². The van der Waals surface area contributed by atoms with Gasteiger partial charge < -0.3 is 5.73 Å². The van der Waals surface area contributed by atoms with E-state index in [-0.39, 0.29) is 0 Å². The number of anilines is 1. The number of benzene rings is 1. The Morgan fingerprint density at radius 1 is 1.05 bits per heavy atom. The number of halogens is 1. The summed E-state index contributed by atoms with van der Waals surface area (Å²) in [7, 11) is 0. The summed E-state index contributed by atoms with van der Waals surface area (Å²) in [5.41, 5.74) is 7.76. The van der Waals surface area contributed by atoms with E-state index in [4.69, 9.17) is 5.73 Å². The first-order valence-electron chi connectivity index (χ1n) is 5.67. The molecule has 2 heterocycles. The van der Waals surface area contributed by atoms with Crippen molar-refractivity contribution < 1.29 is 0 Å². The Morgan fingerprint density at radius 2 is 1.84 bits per heavy atom. The predicted octanol–water partition coefficient (Wildman–Crippen LogP) is 4.22. The number of thiophene rings is 1. The Kier molecular flexibility index (Phi) is 3.31. The van der Waals surface area contributed by atoms with Crippen LogP contribution in [0.1, 0.15) is 0 Å². The molecular weight excluding hydrogens is 322 g/mol. The summed E-state index contributed by atoms with van der Waals surface area (Å²) < 4.78 is 1.03. The monoisotopic (exact) mass is 331 g/mol. The van der Waals surface area contributed by atoms with Crippen LogP contribution in [0.25, 0.3) is 22.0 Å². The molecule has 94 valence electrons. The molecular formula is C14H10BrN3S. The quantitative estimate of drug-likeness (QED) is 0.764. The van der Waals surface area contributed by atoms with Gasteiger partial charge in [-0.15, -0.1) is 11.3 Å². The molecule has 3 rings (SSSR count). The number of hydrogen-bond acceptors (Lipinski definition) is 4. The third kappa shape index (κ3) is 2.67. The fourth-order valence-corrected chi connectivity index (χ4v) is 3.12. The van der Waals surface area contributed by atoms with Gasteiger partial charge in [0.25, 0.3) is 0 Å². The van der Waals surface area contributed by atoms with Gasteiger partial charge in [-0.1, -0.05) is 30.3 Å². The highest BCUT2D eigenvalue weighted by Crippen LogP contribution is 2.29. The van der Waals surface area contributed by atoms with Gasteiger partial charge in [-0.25, -0.2) is 9.97 Å². The lowest BCUT2D eigenvalue weighted by atomic mass is 10.1. The summed E-state index contributed by atoms with van der Waals surface area (Å²) in [6, 6.07) is 13.7. The average Bonchev–Trinajstić information content (AvgIpc) is 2.86. The molecule has 0 saturated heterocycles. The van der Waals surface area contributed by atoms with Gasteiger partial charge in [0.1, 0.15) is 5.82 Å². The minimum Gasteiger partial charge on any atom is -0.384 e. The molecule has 0 fully saturated rings. The third-order valence-electron chi connectivity index (χ3n) is 2.60. The van der Waals surface area contributed by atoms with E-state index < -0.39 is 0 Å². The molecule has 0 bridgehead atoms. The molecule has 5 heteroatoms. The van der Waals surface area contributed by atoms with Crippen LogP contribution in [0.15, 0.2) is 52.3 Å². The SMILES string of the molecule is Nc1cc(-c2ccccc2)nc(-c2cc(Br)cs2)n1. The van der Waals surface area contributed by atoms with Crippen LogP contribution in [-0.2, 0) is 0 Å². The normalized spacial score (nSPS) is 10.6. The molecule has 0 spiro atoms. The Bertz CT molecular complexity index is 710. The van der Waals surface area contributed by atoms with Crippen molar-refractivity contribution in [3.8, 4) is 22.0 Å². The van der Waals surface area contributed by atoms with E-state index in [1.165, 1.54) is 0 Å². The molecule has 1 aromatic carbocycles. The van der Waals surface area contributed by atoms with Crippen molar-refractivity contribution in [1.82, 2.24) is 9.97 Å². The molecule has 0 aliphatic carbocycles. The summed E-state index contributed by atoms with van der Waals surface area (Å²) in [5.74, 6) is 1.14. The lowest BCUT2D eigenvalue weighted by molar-refractivity contribution is 1.20. The van der Waals surface area contributed by atoms with Crippen molar-refractivity contribution in [3.05, 3.63) is 52.3 Å². The summed E-state index contributed by atoms with van der Waals surface area (Å²) in [4.78, 5) is 9.88. The highest BCUT2D eigenvalue weighted by Gasteiger charge is 2.08. The zero-order valence-electron chi connectivity index (χ0n) is 9.88. The fourth-order valence-electron chi connectivity index (χ4n) is 1.76. The first kappa shape index (κ1) is 12.3. The van der Waals surface area contributed by atoms with E-state index in [9.17, 15) is 0 Å². The highest BCUT2D eigenvalue weighted by molar-refractivity contribution is 9.10. The van der Waals surface area contributed by atoms with Gasteiger partial charge in [0.05, 0.1) is 10.6 Å². The Hall–Kier alpha value is -1.72. The Labute approximate surface area is 123 Å². The molecule has 0 amide bonds. The number of hydrogen-bond donors (Lipinski definition) is 1. The lowest BCUT2D eigenvalue weighted by Gasteiger charge is -2.04. The topological polar surface area (TPSA) is 51.8 Å². The van der Waals surface area contributed by atoms with E-state index in [2.05, 4.69) is 25.9 Å². The van der Waals surface area contributed by atoms with E-state index in [1.54, 1.807) is 17.4 Å². The molecule has 0 unspecified atom stereocenters. The number of nitrogen functional groups attached to an aromatic ring is 1. The second-order valence-electron chi connectivity index (χ2n) is 4.00. The highest BCUT2D eigenvalue weighted by atomic mass is 79.9. The third-order valence-corrected chi connectivity index (χ3v) is 4.29. The van der Waals surface area contributed by atoms with Gasteiger partial charge in [-0.05, 0) is 22.0 Å². The first-order chi connectivity index (χ1) is 9.22. The number of nitrogens with zero attached hydrogens (tertiary/aromatic N) is 2. The minimum absolute atomic E-state index is 0.480. The molecule has 2 aromatic heterocycles. The number of aromatic nitrogens is 2. The average molecular weight is 332 g/mol. The standard InChI is InChI=1S/C14H10BrN3S/c15-10-6-12(19-8-10)14-17-11(7-13(16)18-14)9-4-2-1-3-5-9/h1-8H,(H2,16,17,18). The van der Waals surface area contributed by atoms with E-state index in [0.717, 1.165) is 20.6 Å². The van der Waals surface area contributed by atoms with Gasteiger partial charge in [0.15, 0.2) is 5.82 Å². The van der Waals surface area contributed by atoms with Crippen LogP contribution in [0.2, 0.25) is 0 Å². The van der Waals surface area contributed by atoms with E-state index in [0.29, 0.717) is 11.6 Å². The van der Waals surface area contributed by atoms with Crippen molar-refractivity contribution in [3.63, 3.8) is 0 Å². The lowest BCUT2D eigenvalue weighted by Crippen LogP contribution is -1.96. The fraction of sp³-hybridized carbons (Fsp3) is 0. The zero-order chi connectivity index (χ0) is 13.2. The minimum atomic E-state index is 0.480. The van der Waals surface area contributed by atoms with Gasteiger partial charge in [0, 0.05) is 21.5 Å². The maximum absolute atomic E-state index is 5.88. The largest absolute Gasteiger partial charge is 0.384 e. The second kappa shape index (κ2) is 5.11.